The van der Waals surface area contributed by atoms with Crippen LogP contribution in [0.5, 0.6) is 0 Å². The molecule has 4 N–H and O–H groups in total. The molecule has 9 nitrogen and oxygen atoms in total. The Kier molecular flexibility index (Phi) is 14.2. The molecular weight excluding hydrogens is 564 g/mol. The third-order valence-electron chi connectivity index (χ3n) is 7.45. The van der Waals surface area contributed by atoms with Crippen LogP contribution >= 0.6 is 11.8 Å². The van der Waals surface area contributed by atoms with Gasteiger partial charge in [0, 0.05) is 36.7 Å². The Labute approximate surface area is 263 Å². The summed E-state index contributed by atoms with van der Waals surface area (Å²) in [7, 11) is 1.97. The molecule has 2 amide bonds. The number of nitrogens with zero attached hydrogens (tertiary/aromatic N) is 1. The van der Waals surface area contributed by atoms with Gasteiger partial charge in [0.15, 0.2) is 0 Å². The summed E-state index contributed by atoms with van der Waals surface area (Å²) in [5.41, 5.74) is 2.76. The summed E-state index contributed by atoms with van der Waals surface area (Å²) in [4.78, 5) is 39.8. The Morgan fingerprint density at radius 3 is 2.35 bits per heavy atom. The molecule has 0 spiro atoms. The van der Waals surface area contributed by atoms with Gasteiger partial charge in [-0.25, -0.2) is 0 Å². The third-order valence-corrected chi connectivity index (χ3v) is 8.56. The van der Waals surface area contributed by atoms with Crippen molar-refractivity contribution in [1.82, 2.24) is 20.9 Å². The molecule has 2 heterocycles. The van der Waals surface area contributed by atoms with Crippen LogP contribution < -0.4 is 16.0 Å². The van der Waals surface area contributed by atoms with E-state index in [0.29, 0.717) is 18.8 Å². The third kappa shape index (κ3) is 11.9. The highest BCUT2D eigenvalue weighted by atomic mass is 32.2. The zero-order chi connectivity index (χ0) is 32.4. The van der Waals surface area contributed by atoms with Gasteiger partial charge >= 0.3 is 0 Å². The van der Waals surface area contributed by atoms with Crippen molar-refractivity contribution in [2.24, 2.45) is 11.3 Å². The Balaban J connectivity index is 0.000000358. The second-order valence-corrected chi connectivity index (χ2v) is 14.5. The maximum Gasteiger partial charge on any atom is 0.246 e. The zero-order valence-electron chi connectivity index (χ0n) is 27.6. The van der Waals surface area contributed by atoms with Gasteiger partial charge in [0.25, 0.3) is 0 Å². The maximum absolute atomic E-state index is 13.1. The van der Waals surface area contributed by atoms with Gasteiger partial charge in [0.2, 0.25) is 11.8 Å². The number of aliphatic hydroxyl groups is 1. The van der Waals surface area contributed by atoms with Crippen molar-refractivity contribution < 1.29 is 24.2 Å². The number of nitrogens with one attached hydrogen (secondary N) is 3. The van der Waals surface area contributed by atoms with Crippen LogP contribution in [-0.4, -0.2) is 78.0 Å². The van der Waals surface area contributed by atoms with Gasteiger partial charge in [-0.1, -0.05) is 58.9 Å². The summed E-state index contributed by atoms with van der Waals surface area (Å²) in [6.07, 6.45) is 1.24. The fraction of sp³-hybridized carbons (Fsp3) is 0.667. The van der Waals surface area contributed by atoms with Gasteiger partial charge in [0.05, 0.1) is 30.0 Å². The van der Waals surface area contributed by atoms with Gasteiger partial charge < -0.3 is 35.5 Å². The Bertz CT molecular complexity index is 1100. The number of likely N-dealkylation sites (tertiary alicyclic amines) is 1. The Hall–Kier alpha value is -2.40. The van der Waals surface area contributed by atoms with E-state index in [0.717, 1.165) is 18.8 Å². The van der Waals surface area contributed by atoms with Crippen LogP contribution in [0.4, 0.5) is 0 Å². The minimum Gasteiger partial charge on any atom is -0.391 e. The predicted octanol–water partition coefficient (Wildman–Crippen LogP) is 4.30. The lowest BCUT2D eigenvalue weighted by atomic mass is 9.85. The number of aldehydes is 1. The summed E-state index contributed by atoms with van der Waals surface area (Å²) in [5.74, 6) is 0.909. The van der Waals surface area contributed by atoms with Crippen LogP contribution in [0.3, 0.4) is 0 Å². The van der Waals surface area contributed by atoms with Crippen LogP contribution in [0.2, 0.25) is 0 Å². The number of carbonyl (C=O) groups is 3. The SMILES string of the molecule is CC(C)CCOC(C)(C)CC(=O)NC(C(=O)N1CC(O)CC1C=O)C(C)(C)C.CNCc1ccc(C2=C(C)NCS2)cc1. The van der Waals surface area contributed by atoms with Gasteiger partial charge in [0.1, 0.15) is 12.3 Å². The van der Waals surface area contributed by atoms with E-state index >= 15 is 0 Å². The number of aliphatic hydroxyl groups excluding tert-OH is 1. The lowest BCUT2D eigenvalue weighted by Crippen LogP contribution is -2.56. The molecule has 3 unspecified atom stereocenters. The van der Waals surface area contributed by atoms with Crippen LogP contribution in [-0.2, 0) is 25.7 Å². The van der Waals surface area contributed by atoms with Crippen LogP contribution in [0, 0.1) is 11.3 Å². The first-order chi connectivity index (χ1) is 20.1. The van der Waals surface area contributed by atoms with Crippen molar-refractivity contribution in [2.75, 3.05) is 26.1 Å². The van der Waals surface area contributed by atoms with E-state index < -0.39 is 29.2 Å². The highest BCUT2D eigenvalue weighted by molar-refractivity contribution is 8.08. The van der Waals surface area contributed by atoms with E-state index in [-0.39, 0.29) is 31.2 Å². The van der Waals surface area contributed by atoms with Crippen molar-refractivity contribution in [3.8, 4) is 0 Å². The van der Waals surface area contributed by atoms with Crippen molar-refractivity contribution in [1.29, 1.82) is 0 Å². The Morgan fingerprint density at radius 2 is 1.84 bits per heavy atom. The van der Waals surface area contributed by atoms with Crippen LogP contribution in [0.25, 0.3) is 4.91 Å². The van der Waals surface area contributed by atoms with Crippen molar-refractivity contribution in [2.45, 2.75) is 105 Å². The number of amides is 2. The molecule has 2 aliphatic heterocycles. The molecule has 43 heavy (non-hydrogen) atoms. The number of allylic oxidation sites excluding steroid dienone is 1. The number of rotatable bonds is 12. The summed E-state index contributed by atoms with van der Waals surface area (Å²) in [6, 6.07) is 7.33. The molecule has 1 fully saturated rings. The molecule has 10 heteroatoms. The van der Waals surface area contributed by atoms with Gasteiger partial charge in [-0.2, -0.15) is 0 Å². The zero-order valence-corrected chi connectivity index (χ0v) is 28.4. The van der Waals surface area contributed by atoms with E-state index in [2.05, 4.69) is 61.0 Å². The highest BCUT2D eigenvalue weighted by Crippen LogP contribution is 2.33. The van der Waals surface area contributed by atoms with Crippen LogP contribution in [0.15, 0.2) is 30.0 Å². The smallest absolute Gasteiger partial charge is 0.246 e. The highest BCUT2D eigenvalue weighted by Gasteiger charge is 2.42. The number of benzene rings is 1. The van der Waals surface area contributed by atoms with Gasteiger partial charge in [-0.15, -0.1) is 11.8 Å². The fourth-order valence-electron chi connectivity index (χ4n) is 4.94. The number of β-amino-alcohol motifs (C(OH)–C–C–N with tert-alkyl or cyclic N) is 1. The first-order valence-corrected chi connectivity index (χ1v) is 16.2. The first kappa shape index (κ1) is 36.8. The molecule has 242 valence electrons. The first-order valence-electron chi connectivity index (χ1n) is 15.3. The molecule has 2 aliphatic rings. The van der Waals surface area contributed by atoms with E-state index in [1.807, 2.05) is 53.4 Å². The standard InChI is InChI=1S/C21H38N2O5.C12H16N2S/c1-14(2)8-9-28-21(6,7)11-17(26)22-18(20(3,4)5)19(27)23-12-16(25)10-15(23)13-24;1-9-12(15-8-14-9)11-5-3-10(4-6-11)7-13-2/h13-16,18,25H,8-12H2,1-7H3,(H,22,26);3-6,13-14H,7-8H2,1-2H3. The lowest BCUT2D eigenvalue weighted by molar-refractivity contribution is -0.143. The van der Waals surface area contributed by atoms with Gasteiger partial charge in [-0.05, 0) is 56.7 Å². The summed E-state index contributed by atoms with van der Waals surface area (Å²) in [6.45, 7) is 17.3. The largest absolute Gasteiger partial charge is 0.391 e. The summed E-state index contributed by atoms with van der Waals surface area (Å²) >= 11 is 1.88. The maximum atomic E-state index is 13.1. The minimum atomic E-state index is -0.792. The van der Waals surface area contributed by atoms with E-state index in [1.54, 1.807) is 0 Å². The Morgan fingerprint density at radius 1 is 1.19 bits per heavy atom. The molecule has 1 aromatic carbocycles. The quantitative estimate of drug-likeness (QED) is 0.256. The molecule has 0 aromatic heterocycles. The number of hydrogen-bond acceptors (Lipinski definition) is 8. The molecule has 3 rings (SSSR count). The molecule has 0 radical (unpaired) electrons. The topological polar surface area (TPSA) is 120 Å². The average Bonchev–Trinajstić information content (AvgIpc) is 3.51. The van der Waals surface area contributed by atoms with Crippen LogP contribution in [0.1, 0.15) is 85.8 Å². The normalized spacial score (nSPS) is 19.6. The summed E-state index contributed by atoms with van der Waals surface area (Å²) < 4.78 is 5.85. The lowest BCUT2D eigenvalue weighted by Gasteiger charge is -2.35. The second kappa shape index (κ2) is 16.6. The number of ether oxygens (including phenoxy) is 1. The molecule has 1 aromatic rings. The monoisotopic (exact) mass is 618 g/mol. The second-order valence-electron chi connectivity index (χ2n) is 13.6. The predicted molar refractivity (Wildman–Crippen MR) is 175 cm³/mol. The number of hydrogen-bond donors (Lipinski definition) is 4. The minimum absolute atomic E-state index is 0.106. The molecular formula is C33H54N4O5S. The van der Waals surface area contributed by atoms with E-state index in [1.165, 1.54) is 26.6 Å². The van der Waals surface area contributed by atoms with Crippen molar-refractivity contribution >= 4 is 34.8 Å². The number of thioether (sulfide) groups is 1. The molecule has 1 saturated heterocycles. The fourth-order valence-corrected chi connectivity index (χ4v) is 5.97. The number of carbonyl (C=O) groups excluding carboxylic acids is 3. The van der Waals surface area contributed by atoms with Crippen molar-refractivity contribution in [3.05, 3.63) is 41.1 Å². The van der Waals surface area contributed by atoms with E-state index in [4.69, 9.17) is 4.74 Å². The van der Waals surface area contributed by atoms with Gasteiger partial charge in [-0.3, -0.25) is 9.59 Å². The van der Waals surface area contributed by atoms with Crippen molar-refractivity contribution in [3.63, 3.8) is 0 Å². The molecule has 0 aliphatic carbocycles. The van der Waals surface area contributed by atoms with E-state index in [9.17, 15) is 19.5 Å². The average molecular weight is 619 g/mol. The molecule has 3 atom stereocenters. The molecule has 0 saturated carbocycles. The molecule has 0 bridgehead atoms. The summed E-state index contributed by atoms with van der Waals surface area (Å²) in [5, 5.41) is 19.2.